The third-order valence-corrected chi connectivity index (χ3v) is 4.53. The van der Waals surface area contributed by atoms with E-state index in [0.717, 1.165) is 15.8 Å². The van der Waals surface area contributed by atoms with Gasteiger partial charge in [0.1, 0.15) is 0 Å². The summed E-state index contributed by atoms with van der Waals surface area (Å²) in [7, 11) is 0. The molecule has 0 bridgehead atoms. The highest BCUT2D eigenvalue weighted by Crippen LogP contribution is 2.30. The van der Waals surface area contributed by atoms with Crippen LogP contribution in [0.2, 0.25) is 0 Å². The van der Waals surface area contributed by atoms with Crippen LogP contribution in [0.25, 0.3) is 5.57 Å². The van der Waals surface area contributed by atoms with Crippen LogP contribution in [0.5, 0.6) is 0 Å². The van der Waals surface area contributed by atoms with Crippen molar-refractivity contribution in [2.75, 3.05) is 5.75 Å². The Morgan fingerprint density at radius 2 is 1.65 bits per heavy atom. The van der Waals surface area contributed by atoms with Gasteiger partial charge in [0.25, 0.3) is 0 Å². The zero-order valence-electron chi connectivity index (χ0n) is 9.40. The highest BCUT2D eigenvalue weighted by molar-refractivity contribution is 9.10. The molecule has 0 amide bonds. The minimum absolute atomic E-state index is 0.909. The minimum Gasteiger partial charge on any atom is -0.120 e. The molecule has 0 saturated carbocycles. The van der Waals surface area contributed by atoms with Crippen LogP contribution in [-0.2, 0) is 0 Å². The smallest absolute Gasteiger partial charge is 0.0311 e. The largest absolute Gasteiger partial charge is 0.120 e. The summed E-state index contributed by atoms with van der Waals surface area (Å²) in [6.07, 6.45) is 0. The maximum Gasteiger partial charge on any atom is 0.0311 e. The first kappa shape index (κ1) is 12.5. The molecule has 86 valence electrons. The molecule has 0 atom stereocenters. The van der Waals surface area contributed by atoms with Gasteiger partial charge in [0, 0.05) is 15.1 Å². The highest BCUT2D eigenvalue weighted by Gasteiger charge is 2.02. The van der Waals surface area contributed by atoms with Gasteiger partial charge in [0.05, 0.1) is 0 Å². The summed E-state index contributed by atoms with van der Waals surface area (Å²) in [5.41, 5.74) is 2.37. The van der Waals surface area contributed by atoms with Gasteiger partial charge in [0.15, 0.2) is 0 Å². The topological polar surface area (TPSA) is 0 Å². The van der Waals surface area contributed by atoms with Gasteiger partial charge in [-0.25, -0.2) is 0 Å². The number of halogens is 1. The van der Waals surface area contributed by atoms with Gasteiger partial charge in [-0.3, -0.25) is 0 Å². The van der Waals surface area contributed by atoms with Gasteiger partial charge in [-0.2, -0.15) is 0 Å². The molecule has 0 spiro atoms. The standard InChI is InChI=1S/C15H13BrS/c1-12(13-7-3-2-4-8-13)11-17-15-10-6-5-9-14(15)16/h2-10H,1,11H2. The van der Waals surface area contributed by atoms with Crippen LogP contribution in [0.15, 0.2) is 70.5 Å². The lowest BCUT2D eigenvalue weighted by atomic mass is 10.1. The van der Waals surface area contributed by atoms with Crippen molar-refractivity contribution in [3.63, 3.8) is 0 Å². The number of hydrogen-bond donors (Lipinski definition) is 0. The fraction of sp³-hybridized carbons (Fsp3) is 0.0667. The fourth-order valence-corrected chi connectivity index (χ4v) is 2.99. The third-order valence-electron chi connectivity index (χ3n) is 2.42. The summed E-state index contributed by atoms with van der Waals surface area (Å²) in [5, 5.41) is 0. The molecule has 0 unspecified atom stereocenters. The summed E-state index contributed by atoms with van der Waals surface area (Å²) < 4.78 is 1.14. The van der Waals surface area contributed by atoms with Crippen LogP contribution in [0, 0.1) is 0 Å². The van der Waals surface area contributed by atoms with Crippen LogP contribution in [0.4, 0.5) is 0 Å². The Balaban J connectivity index is 2.00. The average Bonchev–Trinajstić information content (AvgIpc) is 2.38. The SMILES string of the molecule is C=C(CSc1ccccc1Br)c1ccccc1. The Kier molecular flexibility index (Phi) is 4.46. The van der Waals surface area contributed by atoms with Crippen LogP contribution >= 0.6 is 27.7 Å². The zero-order chi connectivity index (χ0) is 12.1. The summed E-state index contributed by atoms with van der Waals surface area (Å²) in [6, 6.07) is 18.6. The maximum absolute atomic E-state index is 4.13. The van der Waals surface area contributed by atoms with E-state index in [2.05, 4.69) is 52.8 Å². The van der Waals surface area contributed by atoms with Crippen molar-refractivity contribution >= 4 is 33.3 Å². The van der Waals surface area contributed by atoms with Gasteiger partial charge >= 0.3 is 0 Å². The second-order valence-corrected chi connectivity index (χ2v) is 5.56. The van der Waals surface area contributed by atoms with Crippen LogP contribution in [-0.4, -0.2) is 5.75 Å². The Labute approximate surface area is 115 Å². The predicted octanol–water partition coefficient (Wildman–Crippen LogP) is 5.25. The lowest BCUT2D eigenvalue weighted by molar-refractivity contribution is 1.40. The lowest BCUT2D eigenvalue weighted by Gasteiger charge is -2.07. The maximum atomic E-state index is 4.13. The van der Waals surface area contributed by atoms with Gasteiger partial charge in [-0.05, 0) is 39.2 Å². The summed E-state index contributed by atoms with van der Waals surface area (Å²) in [6.45, 7) is 4.13. The molecule has 0 aromatic heterocycles. The van der Waals surface area contributed by atoms with E-state index >= 15 is 0 Å². The molecule has 17 heavy (non-hydrogen) atoms. The molecule has 0 nitrogen and oxygen atoms in total. The number of thioether (sulfide) groups is 1. The predicted molar refractivity (Wildman–Crippen MR) is 80.3 cm³/mol. The Morgan fingerprint density at radius 3 is 2.35 bits per heavy atom. The molecule has 0 saturated heterocycles. The van der Waals surface area contributed by atoms with Crippen LogP contribution in [0.3, 0.4) is 0 Å². The van der Waals surface area contributed by atoms with E-state index < -0.39 is 0 Å². The van der Waals surface area contributed by atoms with Crippen molar-refractivity contribution in [3.05, 3.63) is 71.2 Å². The molecule has 2 aromatic carbocycles. The molecule has 0 fully saturated rings. The van der Waals surface area contributed by atoms with Crippen molar-refractivity contribution in [3.8, 4) is 0 Å². The normalized spacial score (nSPS) is 10.2. The average molecular weight is 305 g/mol. The first-order chi connectivity index (χ1) is 8.27. The first-order valence-corrected chi connectivity index (χ1v) is 7.16. The van der Waals surface area contributed by atoms with Gasteiger partial charge < -0.3 is 0 Å². The van der Waals surface area contributed by atoms with Crippen molar-refractivity contribution < 1.29 is 0 Å². The molecule has 0 aliphatic heterocycles. The number of hydrogen-bond acceptors (Lipinski definition) is 1. The Bertz CT molecular complexity index is 505. The summed E-state index contributed by atoms with van der Waals surface area (Å²) in [4.78, 5) is 1.25. The molecule has 2 heteroatoms. The molecule has 2 rings (SSSR count). The number of rotatable bonds is 4. The van der Waals surface area contributed by atoms with E-state index in [-0.39, 0.29) is 0 Å². The quantitative estimate of drug-likeness (QED) is 0.695. The molecular weight excluding hydrogens is 292 g/mol. The summed E-state index contributed by atoms with van der Waals surface area (Å²) >= 11 is 5.36. The zero-order valence-corrected chi connectivity index (χ0v) is 11.8. The molecule has 0 radical (unpaired) electrons. The van der Waals surface area contributed by atoms with Crippen LogP contribution in [0.1, 0.15) is 5.56 Å². The fourth-order valence-electron chi connectivity index (χ4n) is 1.48. The van der Waals surface area contributed by atoms with Crippen LogP contribution < -0.4 is 0 Å². The first-order valence-electron chi connectivity index (χ1n) is 5.38. The van der Waals surface area contributed by atoms with Crippen molar-refractivity contribution in [2.45, 2.75) is 4.90 Å². The van der Waals surface area contributed by atoms with E-state index in [9.17, 15) is 0 Å². The van der Waals surface area contributed by atoms with Crippen molar-refractivity contribution in [1.82, 2.24) is 0 Å². The molecular formula is C15H13BrS. The van der Waals surface area contributed by atoms with E-state index in [1.165, 1.54) is 10.5 Å². The van der Waals surface area contributed by atoms with E-state index in [0.29, 0.717) is 0 Å². The highest BCUT2D eigenvalue weighted by atomic mass is 79.9. The molecule has 0 aliphatic carbocycles. The second kappa shape index (κ2) is 6.08. The second-order valence-electron chi connectivity index (χ2n) is 3.69. The van der Waals surface area contributed by atoms with E-state index in [4.69, 9.17) is 0 Å². The summed E-state index contributed by atoms with van der Waals surface area (Å²) in [5.74, 6) is 0.909. The molecule has 0 N–H and O–H groups in total. The van der Waals surface area contributed by atoms with Crippen molar-refractivity contribution in [1.29, 1.82) is 0 Å². The molecule has 0 heterocycles. The molecule has 0 aliphatic rings. The number of benzene rings is 2. The Hall–Kier alpha value is -0.990. The van der Waals surface area contributed by atoms with Gasteiger partial charge in [-0.1, -0.05) is 49.0 Å². The van der Waals surface area contributed by atoms with E-state index in [1.807, 2.05) is 24.3 Å². The third kappa shape index (κ3) is 3.48. The van der Waals surface area contributed by atoms with Gasteiger partial charge in [-0.15, -0.1) is 11.8 Å². The lowest BCUT2D eigenvalue weighted by Crippen LogP contribution is -1.86. The van der Waals surface area contributed by atoms with Crippen molar-refractivity contribution in [2.24, 2.45) is 0 Å². The van der Waals surface area contributed by atoms with E-state index in [1.54, 1.807) is 11.8 Å². The monoisotopic (exact) mass is 304 g/mol. The van der Waals surface area contributed by atoms with Gasteiger partial charge in [0.2, 0.25) is 0 Å². The molecule has 2 aromatic rings. The Morgan fingerprint density at radius 1 is 1.00 bits per heavy atom. The minimum atomic E-state index is 0.909.